The quantitative estimate of drug-likeness (QED) is 0.663. The maximum Gasteiger partial charge on any atom is 0.0739 e. The first-order valence-corrected chi connectivity index (χ1v) is 5.35. The number of allylic oxidation sites excluding steroid dienone is 3. The van der Waals surface area contributed by atoms with Crippen molar-refractivity contribution in [3.05, 3.63) is 52.6 Å². The fraction of sp³-hybridized carbons (Fsp3) is 0.133. The maximum atomic E-state index is 4.43. The van der Waals surface area contributed by atoms with Gasteiger partial charge in [0.1, 0.15) is 0 Å². The first-order chi connectivity index (χ1) is 7.70. The van der Waals surface area contributed by atoms with E-state index < -0.39 is 0 Å². The second kappa shape index (κ2) is 3.93. The SMILES string of the molecule is C=CC1=C(/N=C\C)C(C)=c2c1cccc2=C. The summed E-state index contributed by atoms with van der Waals surface area (Å²) in [5, 5.41) is 2.26. The van der Waals surface area contributed by atoms with E-state index in [4.69, 9.17) is 0 Å². The highest BCUT2D eigenvalue weighted by molar-refractivity contribution is 5.93. The molecule has 2 rings (SSSR count). The lowest BCUT2D eigenvalue weighted by molar-refractivity contribution is 1.42. The van der Waals surface area contributed by atoms with Crippen LogP contribution in [-0.2, 0) is 0 Å². The predicted octanol–water partition coefficient (Wildman–Crippen LogP) is 2.27. The molecule has 16 heavy (non-hydrogen) atoms. The van der Waals surface area contributed by atoms with Gasteiger partial charge in [-0.05, 0) is 35.4 Å². The highest BCUT2D eigenvalue weighted by atomic mass is 14.7. The van der Waals surface area contributed by atoms with Gasteiger partial charge in [-0.3, -0.25) is 4.99 Å². The van der Waals surface area contributed by atoms with Gasteiger partial charge in [0.25, 0.3) is 0 Å². The summed E-state index contributed by atoms with van der Waals surface area (Å²) in [5.74, 6) is 0. The van der Waals surface area contributed by atoms with Crippen LogP contribution < -0.4 is 10.4 Å². The molecule has 0 atom stereocenters. The van der Waals surface area contributed by atoms with Crippen molar-refractivity contribution in [2.24, 2.45) is 4.99 Å². The third kappa shape index (κ3) is 1.36. The summed E-state index contributed by atoms with van der Waals surface area (Å²) >= 11 is 0. The van der Waals surface area contributed by atoms with E-state index in [2.05, 4.69) is 31.1 Å². The van der Waals surface area contributed by atoms with Crippen LogP contribution in [0.4, 0.5) is 0 Å². The minimum Gasteiger partial charge on any atom is -0.261 e. The van der Waals surface area contributed by atoms with E-state index in [0.717, 1.165) is 16.5 Å². The van der Waals surface area contributed by atoms with Crippen LogP contribution in [0.15, 0.2) is 41.5 Å². The molecule has 0 bridgehead atoms. The summed E-state index contributed by atoms with van der Waals surface area (Å²) in [6.07, 6.45) is 3.69. The molecule has 0 radical (unpaired) electrons. The second-order valence-electron chi connectivity index (χ2n) is 3.82. The molecular weight excluding hydrogens is 194 g/mol. The third-order valence-corrected chi connectivity index (χ3v) is 2.89. The van der Waals surface area contributed by atoms with Gasteiger partial charge >= 0.3 is 0 Å². The van der Waals surface area contributed by atoms with Crippen LogP contribution in [-0.4, -0.2) is 6.21 Å². The molecule has 80 valence electrons. The molecule has 0 unspecified atom stereocenters. The topological polar surface area (TPSA) is 12.4 Å². The number of hydrogen-bond donors (Lipinski definition) is 0. The average molecular weight is 209 g/mol. The molecule has 0 aliphatic heterocycles. The molecule has 0 amide bonds. The number of benzene rings is 1. The Bertz CT molecular complexity index is 615. The lowest BCUT2D eigenvalue weighted by Gasteiger charge is -1.99. The fourth-order valence-corrected chi connectivity index (χ4v) is 2.22. The molecule has 1 aliphatic rings. The second-order valence-corrected chi connectivity index (χ2v) is 3.82. The molecule has 1 aliphatic carbocycles. The monoisotopic (exact) mass is 209 g/mol. The lowest BCUT2D eigenvalue weighted by atomic mass is 10.1. The van der Waals surface area contributed by atoms with Crippen molar-refractivity contribution in [2.75, 3.05) is 0 Å². The van der Waals surface area contributed by atoms with Gasteiger partial charge in [0.15, 0.2) is 0 Å². The van der Waals surface area contributed by atoms with E-state index in [-0.39, 0.29) is 0 Å². The van der Waals surface area contributed by atoms with E-state index in [1.165, 1.54) is 16.4 Å². The largest absolute Gasteiger partial charge is 0.261 e. The smallest absolute Gasteiger partial charge is 0.0739 e. The molecule has 0 heterocycles. The Morgan fingerprint density at radius 1 is 1.31 bits per heavy atom. The number of hydrogen-bond acceptors (Lipinski definition) is 1. The Kier molecular flexibility index (Phi) is 2.61. The third-order valence-electron chi connectivity index (χ3n) is 2.89. The minimum absolute atomic E-state index is 1.02. The summed E-state index contributed by atoms with van der Waals surface area (Å²) in [6.45, 7) is 12.0. The van der Waals surface area contributed by atoms with E-state index in [1.54, 1.807) is 0 Å². The summed E-state index contributed by atoms with van der Waals surface area (Å²) in [5.41, 5.74) is 4.51. The van der Waals surface area contributed by atoms with Crippen LogP contribution in [0.5, 0.6) is 0 Å². The summed E-state index contributed by atoms with van der Waals surface area (Å²) < 4.78 is 0. The number of aliphatic imine (C=N–C) groups is 1. The van der Waals surface area contributed by atoms with Crippen molar-refractivity contribution in [2.45, 2.75) is 13.8 Å². The number of fused-ring (bicyclic) bond motifs is 1. The molecule has 1 aromatic rings. The maximum absolute atomic E-state index is 4.43. The van der Waals surface area contributed by atoms with Crippen LogP contribution in [0.3, 0.4) is 0 Å². The number of rotatable bonds is 2. The molecule has 1 aromatic carbocycles. The zero-order valence-corrected chi connectivity index (χ0v) is 9.75. The predicted molar refractivity (Wildman–Crippen MR) is 71.6 cm³/mol. The van der Waals surface area contributed by atoms with Crippen molar-refractivity contribution >= 4 is 23.9 Å². The molecular formula is C15H15N. The molecule has 1 heteroatoms. The van der Waals surface area contributed by atoms with E-state index >= 15 is 0 Å². The first-order valence-electron chi connectivity index (χ1n) is 5.35. The fourth-order valence-electron chi connectivity index (χ4n) is 2.22. The Balaban J connectivity index is 2.89. The molecule has 1 nitrogen and oxygen atoms in total. The Hall–Kier alpha value is -1.89. The Morgan fingerprint density at radius 2 is 2.06 bits per heavy atom. The zero-order valence-electron chi connectivity index (χ0n) is 9.75. The van der Waals surface area contributed by atoms with Crippen LogP contribution in [0.25, 0.3) is 17.7 Å². The Morgan fingerprint density at radius 3 is 2.69 bits per heavy atom. The van der Waals surface area contributed by atoms with E-state index in [0.29, 0.717) is 0 Å². The summed E-state index contributed by atoms with van der Waals surface area (Å²) in [6, 6.07) is 6.15. The van der Waals surface area contributed by atoms with Crippen molar-refractivity contribution in [3.63, 3.8) is 0 Å². The van der Waals surface area contributed by atoms with Crippen molar-refractivity contribution in [3.8, 4) is 0 Å². The van der Waals surface area contributed by atoms with Gasteiger partial charge in [-0.1, -0.05) is 37.4 Å². The van der Waals surface area contributed by atoms with Crippen LogP contribution in [0, 0.1) is 0 Å². The highest BCUT2D eigenvalue weighted by Gasteiger charge is 2.17. The Labute approximate surface area is 95.8 Å². The van der Waals surface area contributed by atoms with Gasteiger partial charge in [-0.25, -0.2) is 0 Å². The molecule has 0 saturated heterocycles. The minimum atomic E-state index is 1.02. The lowest BCUT2D eigenvalue weighted by Crippen LogP contribution is -2.26. The average Bonchev–Trinajstić information content (AvgIpc) is 2.54. The van der Waals surface area contributed by atoms with E-state index in [1.807, 2.05) is 31.3 Å². The number of nitrogens with zero attached hydrogens (tertiary/aromatic N) is 1. The van der Waals surface area contributed by atoms with Gasteiger partial charge in [0.2, 0.25) is 0 Å². The van der Waals surface area contributed by atoms with Crippen LogP contribution in [0.1, 0.15) is 19.4 Å². The highest BCUT2D eigenvalue weighted by Crippen LogP contribution is 2.28. The molecule has 0 spiro atoms. The van der Waals surface area contributed by atoms with E-state index in [9.17, 15) is 0 Å². The van der Waals surface area contributed by atoms with Gasteiger partial charge < -0.3 is 0 Å². The first kappa shape index (κ1) is 10.6. The zero-order chi connectivity index (χ0) is 11.7. The van der Waals surface area contributed by atoms with Crippen molar-refractivity contribution < 1.29 is 0 Å². The van der Waals surface area contributed by atoms with Crippen LogP contribution >= 0.6 is 0 Å². The van der Waals surface area contributed by atoms with Gasteiger partial charge in [-0.2, -0.15) is 0 Å². The van der Waals surface area contributed by atoms with Gasteiger partial charge in [-0.15, -0.1) is 0 Å². The molecule has 0 fully saturated rings. The van der Waals surface area contributed by atoms with Crippen molar-refractivity contribution in [1.29, 1.82) is 0 Å². The molecule has 0 saturated carbocycles. The molecule has 0 aromatic heterocycles. The normalized spacial score (nSPS) is 14.8. The summed E-state index contributed by atoms with van der Waals surface area (Å²) in [4.78, 5) is 4.43. The standard InChI is InChI=1S/C15H15N/c1-5-12-13-9-7-8-10(3)14(13)11(4)15(12)16-6-2/h5-9H,1,3H2,2,4H3/b16-6-. The van der Waals surface area contributed by atoms with Crippen molar-refractivity contribution in [1.82, 2.24) is 0 Å². The molecule has 0 N–H and O–H groups in total. The van der Waals surface area contributed by atoms with Gasteiger partial charge in [0, 0.05) is 11.8 Å². The van der Waals surface area contributed by atoms with Gasteiger partial charge in [0.05, 0.1) is 5.70 Å². The summed E-state index contributed by atoms with van der Waals surface area (Å²) in [7, 11) is 0. The van der Waals surface area contributed by atoms with Crippen LogP contribution in [0.2, 0.25) is 0 Å².